The quantitative estimate of drug-likeness (QED) is 0.0900. The number of halogens is 2. The Morgan fingerprint density at radius 2 is 1.04 bits per heavy atom. The predicted molar refractivity (Wildman–Crippen MR) is 222 cm³/mol. The van der Waals surface area contributed by atoms with Crippen LogP contribution in [0.1, 0.15) is 39.2 Å². The number of rotatable bonds is 7. The second-order valence-electron chi connectivity index (χ2n) is 10.0. The van der Waals surface area contributed by atoms with Crippen LogP contribution in [0, 0.1) is 13.8 Å². The van der Waals surface area contributed by atoms with Crippen molar-refractivity contribution >= 4 is 66.5 Å². The largest absolute Gasteiger partial charge is 0.412 e. The molecule has 0 atom stereocenters. The van der Waals surface area contributed by atoms with Crippen LogP contribution < -0.4 is 11.5 Å². The first-order chi connectivity index (χ1) is 25.5. The Bertz CT molecular complexity index is 1890. The second kappa shape index (κ2) is 25.7. The first-order valence-electron chi connectivity index (χ1n) is 16.2. The highest BCUT2D eigenvalue weighted by Crippen LogP contribution is 2.22. The molecule has 0 spiro atoms. The standard InChI is InChI=1S/C13H13NS.C12H12N2S.C6H6ClNO2S.C5H5ClN2.C2H6.H2O.H2/c1-11-6-5-9-13(14-11)15-10-12-7-3-2-4-8-12;13-11-7-4-8-12(14-11)15-9-10-5-2-1-3-6-10;1-5-3-2-4-6(8-5)11(7,9)10;6-4-2-1-3-5(7)8-4;1-2;;/h2-9H,10H2,1H3;1-8H,9H2,(H2,13,14);2-4H,1H3;1-3H,(H2,7,8);1-2H3;1H2;1H/i;;;;;;1+1/hD. The van der Waals surface area contributed by atoms with E-state index < -0.39 is 9.05 Å². The minimum atomic E-state index is -3.66. The van der Waals surface area contributed by atoms with Crippen LogP contribution in [0.2, 0.25) is 5.15 Å². The fourth-order valence-corrected chi connectivity index (χ4v) is 6.31. The van der Waals surface area contributed by atoms with Crippen LogP contribution in [-0.4, -0.2) is 33.8 Å². The minimum Gasteiger partial charge on any atom is -0.412 e. The number of aryl methyl sites for hydroxylation is 2. The molecule has 0 saturated heterocycles. The van der Waals surface area contributed by atoms with E-state index >= 15 is 0 Å². The molecule has 6 rings (SSSR count). The van der Waals surface area contributed by atoms with Gasteiger partial charge in [-0.05, 0) is 73.5 Å². The first kappa shape index (κ1) is 44.0. The molecular weight excluding hydrogens is 756 g/mol. The molecule has 14 heteroatoms. The maximum absolute atomic E-state index is 10.7. The molecule has 4 heterocycles. The van der Waals surface area contributed by atoms with Crippen LogP contribution >= 0.6 is 45.8 Å². The molecule has 6 N–H and O–H groups in total. The third kappa shape index (κ3) is 20.0. The molecule has 0 fully saturated rings. The summed E-state index contributed by atoms with van der Waals surface area (Å²) >= 11 is 8.93. The Morgan fingerprint density at radius 3 is 1.42 bits per heavy atom. The molecule has 6 aromatic rings. The molecule has 9 nitrogen and oxygen atoms in total. The van der Waals surface area contributed by atoms with Crippen LogP contribution in [-0.2, 0) is 20.6 Å². The number of pyridine rings is 4. The van der Waals surface area contributed by atoms with Crippen molar-refractivity contribution < 1.29 is 16.8 Å². The Kier molecular flexibility index (Phi) is 21.8. The molecule has 0 bridgehead atoms. The van der Waals surface area contributed by atoms with Crippen molar-refractivity contribution in [3.05, 3.63) is 161 Å². The monoisotopic (exact) mass is 802 g/mol. The molecule has 0 aliphatic heterocycles. The molecule has 0 aliphatic rings. The maximum atomic E-state index is 10.7. The highest BCUT2D eigenvalue weighted by Gasteiger charge is 2.10. The summed E-state index contributed by atoms with van der Waals surface area (Å²) in [5.74, 6) is 2.94. The number of hydrogen-bond donors (Lipinski definition) is 2. The molecular formula is C38H46Cl2N6O3S3. The lowest BCUT2D eigenvalue weighted by molar-refractivity contribution is 0.606. The molecule has 0 amide bonds. The number of hydrogen-bond acceptors (Lipinski definition) is 10. The fraction of sp³-hybridized carbons (Fsp3) is 0.158. The lowest BCUT2D eigenvalue weighted by Gasteiger charge is -2.01. The van der Waals surface area contributed by atoms with Gasteiger partial charge in [0.1, 0.15) is 16.8 Å². The third-order valence-corrected chi connectivity index (χ3v) is 9.33. The number of nitrogens with zero attached hydrogens (tertiary/aromatic N) is 4. The van der Waals surface area contributed by atoms with E-state index in [4.69, 9.17) is 40.7 Å². The molecule has 52 heavy (non-hydrogen) atoms. The van der Waals surface area contributed by atoms with Crippen LogP contribution in [0.15, 0.2) is 149 Å². The molecule has 0 radical (unpaired) electrons. The van der Waals surface area contributed by atoms with Crippen LogP contribution in [0.25, 0.3) is 0 Å². The van der Waals surface area contributed by atoms with Gasteiger partial charge in [0.25, 0.3) is 9.05 Å². The van der Waals surface area contributed by atoms with Gasteiger partial charge in [0.15, 0.2) is 5.03 Å². The number of anilines is 2. The number of nitrogen functional groups attached to an aromatic ring is 2. The van der Waals surface area contributed by atoms with Crippen molar-refractivity contribution in [3.8, 4) is 0 Å². The number of benzene rings is 2. The van der Waals surface area contributed by atoms with E-state index in [2.05, 4.69) is 68.5 Å². The zero-order chi connectivity index (χ0) is 39.5. The van der Waals surface area contributed by atoms with Gasteiger partial charge in [0.05, 0.1) is 10.1 Å². The average Bonchev–Trinajstić information content (AvgIpc) is 3.16. The van der Waals surface area contributed by atoms with Gasteiger partial charge in [-0.1, -0.05) is 110 Å². The minimum absolute atomic E-state index is 0. The smallest absolute Gasteiger partial charge is 0.278 e. The summed E-state index contributed by atoms with van der Waals surface area (Å²) in [7, 11) is 1.38. The van der Waals surface area contributed by atoms with Crippen molar-refractivity contribution in [2.45, 2.75) is 54.3 Å². The van der Waals surface area contributed by atoms with Gasteiger partial charge in [-0.3, -0.25) is 0 Å². The molecule has 4 aromatic heterocycles. The van der Waals surface area contributed by atoms with Gasteiger partial charge in [-0.15, -0.1) is 23.5 Å². The Morgan fingerprint density at radius 1 is 0.615 bits per heavy atom. The third-order valence-electron chi connectivity index (χ3n) is 5.92. The van der Waals surface area contributed by atoms with E-state index in [1.807, 2.05) is 63.2 Å². The normalized spacial score (nSPS) is 9.94. The van der Waals surface area contributed by atoms with E-state index in [1.54, 1.807) is 66.8 Å². The number of nitrogens with two attached hydrogens (primary N) is 2. The van der Waals surface area contributed by atoms with Crippen molar-refractivity contribution in [2.75, 3.05) is 11.5 Å². The van der Waals surface area contributed by atoms with Crippen molar-refractivity contribution in [1.29, 1.82) is 0 Å². The maximum Gasteiger partial charge on any atom is 0.278 e. The summed E-state index contributed by atoms with van der Waals surface area (Å²) in [4.78, 5) is 16.1. The summed E-state index contributed by atoms with van der Waals surface area (Å²) < 4.78 is 26.1. The van der Waals surface area contributed by atoms with Crippen LogP contribution in [0.4, 0.5) is 11.6 Å². The molecule has 2 aromatic carbocycles. The zero-order valence-electron chi connectivity index (χ0n) is 30.3. The van der Waals surface area contributed by atoms with E-state index in [9.17, 15) is 8.42 Å². The highest BCUT2D eigenvalue weighted by molar-refractivity contribution is 8.13. The lowest BCUT2D eigenvalue weighted by Crippen LogP contribution is -1.95. The molecule has 0 unspecified atom stereocenters. The number of thioether (sulfide) groups is 2. The van der Waals surface area contributed by atoms with Gasteiger partial charge in [-0.2, -0.15) is 0 Å². The van der Waals surface area contributed by atoms with Crippen LogP contribution in [0.3, 0.4) is 0 Å². The molecule has 0 aliphatic carbocycles. The van der Waals surface area contributed by atoms with Gasteiger partial charge in [-0.25, -0.2) is 28.4 Å². The van der Waals surface area contributed by atoms with Gasteiger partial charge in [0, 0.05) is 35.0 Å². The predicted octanol–water partition coefficient (Wildman–Crippen LogP) is 9.72. The lowest BCUT2D eigenvalue weighted by atomic mass is 10.2. The van der Waals surface area contributed by atoms with Gasteiger partial charge in [0.2, 0.25) is 1.43 Å². The summed E-state index contributed by atoms with van der Waals surface area (Å²) in [6.07, 6.45) is 0. The van der Waals surface area contributed by atoms with Gasteiger partial charge >= 0.3 is 0 Å². The van der Waals surface area contributed by atoms with E-state index in [0.29, 0.717) is 22.5 Å². The summed E-state index contributed by atoms with van der Waals surface area (Å²) in [6.45, 7) is 7.72. The fourth-order valence-electron chi connectivity index (χ4n) is 3.65. The Balaban J connectivity index is 0.000000683. The first-order valence-corrected chi connectivity index (χ1v) is 20.4. The van der Waals surface area contributed by atoms with Crippen LogP contribution in [0.5, 0.6) is 0 Å². The average molecular weight is 804 g/mol. The topological polar surface area (TPSA) is 169 Å². The molecule has 0 saturated carbocycles. The second-order valence-corrected chi connectivity index (χ2v) is 14.9. The Labute approximate surface area is 328 Å². The van der Waals surface area contributed by atoms with E-state index in [0.717, 1.165) is 27.3 Å². The van der Waals surface area contributed by atoms with Crippen molar-refractivity contribution in [1.82, 2.24) is 19.9 Å². The van der Waals surface area contributed by atoms with Crippen molar-refractivity contribution in [3.63, 3.8) is 0 Å². The highest BCUT2D eigenvalue weighted by atomic mass is 35.7. The Hall–Kier alpha value is -4.17. The van der Waals surface area contributed by atoms with Gasteiger partial charge < -0.3 is 16.9 Å². The summed E-state index contributed by atoms with van der Waals surface area (Å²) in [5.41, 5.74) is 21.5. The zero-order valence-corrected chi connectivity index (χ0v) is 33.3. The van der Waals surface area contributed by atoms with E-state index in [1.165, 1.54) is 17.2 Å². The number of aromatic nitrogens is 4. The van der Waals surface area contributed by atoms with Crippen molar-refractivity contribution in [2.24, 2.45) is 0 Å². The van der Waals surface area contributed by atoms with E-state index in [-0.39, 0.29) is 6.45 Å². The molecule has 278 valence electrons. The summed E-state index contributed by atoms with van der Waals surface area (Å²) in [6, 6.07) is 42.4. The summed E-state index contributed by atoms with van der Waals surface area (Å²) in [5, 5.41) is 2.40. The SMILES string of the molecule is CC.Cc1cccc(S(=O)(=O)Cl)n1.Cc1cccc(SCc2ccccc2)n1.Nc1cccc(Cl)n1.Nc1cccc(SCc2ccccc2)n1.[2HH].[2H]O.